The number of benzene rings is 1. The summed E-state index contributed by atoms with van der Waals surface area (Å²) < 4.78 is 2.30. The van der Waals surface area contributed by atoms with Crippen molar-refractivity contribution in [1.82, 2.24) is 14.5 Å². The molecular weight excluding hydrogens is 365 g/mol. The largest absolute Gasteiger partial charge is 0.294 e. The monoisotopic (exact) mass is 377 g/mol. The Morgan fingerprint density at radius 3 is 2.95 bits per heavy atom. The van der Waals surface area contributed by atoms with Gasteiger partial charge in [-0.2, -0.15) is 0 Å². The van der Waals surface area contributed by atoms with E-state index in [2.05, 4.69) is 16.0 Å². The van der Waals surface area contributed by atoms with E-state index in [0.717, 1.165) is 22.2 Å². The minimum atomic E-state index is 0.00406. The van der Waals surface area contributed by atoms with Gasteiger partial charge in [0.05, 0.1) is 27.7 Å². The molecular formula is C15H12IN3O. The van der Waals surface area contributed by atoms with E-state index in [1.165, 1.54) is 0 Å². The summed E-state index contributed by atoms with van der Waals surface area (Å²) in [5.74, 6) is 0. The number of nitrogens with zero attached hydrogens (tertiary/aromatic N) is 3. The van der Waals surface area contributed by atoms with Gasteiger partial charge in [0.25, 0.3) is 5.56 Å². The Labute approximate surface area is 129 Å². The molecule has 0 radical (unpaired) electrons. The molecule has 20 heavy (non-hydrogen) atoms. The van der Waals surface area contributed by atoms with Crippen LogP contribution in [0, 0.1) is 10.5 Å². The summed E-state index contributed by atoms with van der Waals surface area (Å²) in [4.78, 5) is 20.7. The van der Waals surface area contributed by atoms with Gasteiger partial charge in [-0.1, -0.05) is 12.1 Å². The van der Waals surface area contributed by atoms with E-state index < -0.39 is 0 Å². The molecule has 0 unspecified atom stereocenters. The van der Waals surface area contributed by atoms with Crippen LogP contribution in [0.3, 0.4) is 0 Å². The van der Waals surface area contributed by atoms with Crippen molar-refractivity contribution in [3.63, 3.8) is 0 Å². The van der Waals surface area contributed by atoms with Gasteiger partial charge in [0.1, 0.15) is 0 Å². The predicted octanol–water partition coefficient (Wildman–Crippen LogP) is 2.75. The molecule has 0 aliphatic carbocycles. The van der Waals surface area contributed by atoms with Crippen molar-refractivity contribution in [3.05, 3.63) is 68.0 Å². The van der Waals surface area contributed by atoms with Crippen LogP contribution < -0.4 is 5.56 Å². The van der Waals surface area contributed by atoms with Crippen molar-refractivity contribution >= 4 is 33.5 Å². The maximum Gasteiger partial charge on any atom is 0.267 e. The zero-order valence-electron chi connectivity index (χ0n) is 10.9. The summed E-state index contributed by atoms with van der Waals surface area (Å²) in [7, 11) is 0. The van der Waals surface area contributed by atoms with Crippen molar-refractivity contribution < 1.29 is 0 Å². The first kappa shape index (κ1) is 13.2. The topological polar surface area (TPSA) is 47.8 Å². The van der Waals surface area contributed by atoms with E-state index in [9.17, 15) is 4.79 Å². The molecule has 2 aromatic heterocycles. The van der Waals surface area contributed by atoms with Crippen molar-refractivity contribution in [2.24, 2.45) is 0 Å². The highest BCUT2D eigenvalue weighted by molar-refractivity contribution is 14.1. The number of aryl methyl sites for hydroxylation is 1. The van der Waals surface area contributed by atoms with Crippen LogP contribution in [0.4, 0.5) is 0 Å². The van der Waals surface area contributed by atoms with Crippen LogP contribution in [-0.2, 0) is 6.54 Å². The minimum absolute atomic E-state index is 0.00406. The van der Waals surface area contributed by atoms with Crippen molar-refractivity contribution in [1.29, 1.82) is 0 Å². The van der Waals surface area contributed by atoms with Gasteiger partial charge in [-0.05, 0) is 53.3 Å². The SMILES string of the molecule is Cc1ncn(Cc2ccc3ncccc3c2)c(=O)c1I. The van der Waals surface area contributed by atoms with E-state index in [0.29, 0.717) is 10.1 Å². The van der Waals surface area contributed by atoms with Gasteiger partial charge in [-0.25, -0.2) is 4.98 Å². The average Bonchev–Trinajstić information content (AvgIpc) is 2.48. The van der Waals surface area contributed by atoms with Crippen molar-refractivity contribution in [3.8, 4) is 0 Å². The molecule has 0 bridgehead atoms. The lowest BCUT2D eigenvalue weighted by molar-refractivity contribution is 0.724. The second-order valence-electron chi connectivity index (χ2n) is 4.61. The standard InChI is InChI=1S/C15H12IN3O/c1-10-14(16)15(20)19(9-18-10)8-11-4-5-13-12(7-11)3-2-6-17-13/h2-7,9H,8H2,1H3. The van der Waals surface area contributed by atoms with Crippen LogP contribution in [0.15, 0.2) is 47.7 Å². The van der Waals surface area contributed by atoms with Gasteiger partial charge in [0, 0.05) is 11.6 Å². The Morgan fingerprint density at radius 1 is 1.25 bits per heavy atom. The number of pyridine rings is 1. The number of hydrogen-bond acceptors (Lipinski definition) is 3. The Kier molecular flexibility index (Phi) is 3.52. The van der Waals surface area contributed by atoms with Crippen LogP contribution in [0.2, 0.25) is 0 Å². The van der Waals surface area contributed by atoms with Gasteiger partial charge in [0.15, 0.2) is 0 Å². The molecule has 100 valence electrons. The number of rotatable bonds is 2. The second-order valence-corrected chi connectivity index (χ2v) is 5.69. The maximum absolute atomic E-state index is 12.2. The Balaban J connectivity index is 2.01. The molecule has 0 fully saturated rings. The molecule has 0 aliphatic heterocycles. The predicted molar refractivity (Wildman–Crippen MR) is 86.8 cm³/mol. The van der Waals surface area contributed by atoms with E-state index in [1.807, 2.05) is 53.8 Å². The zero-order valence-corrected chi connectivity index (χ0v) is 13.0. The molecule has 3 rings (SSSR count). The number of aromatic nitrogens is 3. The van der Waals surface area contributed by atoms with E-state index >= 15 is 0 Å². The molecule has 1 aromatic carbocycles. The lowest BCUT2D eigenvalue weighted by Gasteiger charge is -2.08. The summed E-state index contributed by atoms with van der Waals surface area (Å²) in [6.07, 6.45) is 3.38. The first-order chi connectivity index (χ1) is 9.65. The van der Waals surface area contributed by atoms with Gasteiger partial charge >= 0.3 is 0 Å². The maximum atomic E-state index is 12.2. The molecule has 0 aliphatic rings. The van der Waals surface area contributed by atoms with Gasteiger partial charge < -0.3 is 0 Å². The van der Waals surface area contributed by atoms with Gasteiger partial charge in [0.2, 0.25) is 0 Å². The van der Waals surface area contributed by atoms with Crippen LogP contribution in [-0.4, -0.2) is 14.5 Å². The summed E-state index contributed by atoms with van der Waals surface area (Å²) in [5.41, 5.74) is 2.80. The molecule has 0 amide bonds. The highest BCUT2D eigenvalue weighted by Gasteiger charge is 2.06. The zero-order chi connectivity index (χ0) is 14.1. The number of halogens is 1. The van der Waals surface area contributed by atoms with Crippen molar-refractivity contribution in [2.45, 2.75) is 13.5 Å². The first-order valence-corrected chi connectivity index (χ1v) is 7.28. The van der Waals surface area contributed by atoms with Crippen LogP contribution in [0.5, 0.6) is 0 Å². The van der Waals surface area contributed by atoms with Crippen molar-refractivity contribution in [2.75, 3.05) is 0 Å². The quantitative estimate of drug-likeness (QED) is 0.646. The van der Waals surface area contributed by atoms with Gasteiger partial charge in [-0.3, -0.25) is 14.3 Å². The lowest BCUT2D eigenvalue weighted by atomic mass is 10.1. The van der Waals surface area contributed by atoms with E-state index in [1.54, 1.807) is 17.1 Å². The average molecular weight is 377 g/mol. The highest BCUT2D eigenvalue weighted by Crippen LogP contribution is 2.14. The lowest BCUT2D eigenvalue weighted by Crippen LogP contribution is -2.24. The molecule has 0 atom stereocenters. The molecule has 5 heteroatoms. The molecule has 0 saturated carbocycles. The summed E-state index contributed by atoms with van der Waals surface area (Å²) in [6, 6.07) is 9.96. The molecule has 3 aromatic rings. The molecule has 0 spiro atoms. The normalized spacial score (nSPS) is 10.9. The Bertz CT molecular complexity index is 842. The second kappa shape index (κ2) is 5.32. The van der Waals surface area contributed by atoms with E-state index in [4.69, 9.17) is 0 Å². The third kappa shape index (κ3) is 2.45. The van der Waals surface area contributed by atoms with Crippen LogP contribution >= 0.6 is 22.6 Å². The number of fused-ring (bicyclic) bond motifs is 1. The fourth-order valence-corrected chi connectivity index (χ4v) is 2.53. The third-order valence-electron chi connectivity index (χ3n) is 3.18. The third-order valence-corrected chi connectivity index (χ3v) is 4.42. The molecule has 4 nitrogen and oxygen atoms in total. The highest BCUT2D eigenvalue weighted by atomic mass is 127. The molecule has 0 N–H and O–H groups in total. The Hall–Kier alpha value is -1.76. The smallest absolute Gasteiger partial charge is 0.267 e. The summed E-state index contributed by atoms with van der Waals surface area (Å²) >= 11 is 2.05. The Morgan fingerprint density at radius 2 is 2.10 bits per heavy atom. The minimum Gasteiger partial charge on any atom is -0.294 e. The number of hydrogen-bond donors (Lipinski definition) is 0. The summed E-state index contributed by atoms with van der Waals surface area (Å²) in [5, 5.41) is 1.08. The molecule has 2 heterocycles. The fraction of sp³-hybridized carbons (Fsp3) is 0.133. The van der Waals surface area contributed by atoms with Gasteiger partial charge in [-0.15, -0.1) is 0 Å². The fourth-order valence-electron chi connectivity index (χ4n) is 2.08. The van der Waals surface area contributed by atoms with E-state index in [-0.39, 0.29) is 5.56 Å². The van der Waals surface area contributed by atoms with Crippen LogP contribution in [0.1, 0.15) is 11.3 Å². The summed E-state index contributed by atoms with van der Waals surface area (Å²) in [6.45, 7) is 2.36. The van der Waals surface area contributed by atoms with Crippen LogP contribution in [0.25, 0.3) is 10.9 Å². The first-order valence-electron chi connectivity index (χ1n) is 6.20. The molecule has 0 saturated heterocycles.